The number of H-pyrrole nitrogens is 2. The molecule has 0 aliphatic rings. The van der Waals surface area contributed by atoms with Gasteiger partial charge in [0, 0.05) is 52.8 Å². The van der Waals surface area contributed by atoms with Gasteiger partial charge in [0.2, 0.25) is 5.91 Å². The first kappa shape index (κ1) is 18.6. The Kier molecular flexibility index (Phi) is 4.48. The van der Waals surface area contributed by atoms with Crippen molar-refractivity contribution in [2.45, 2.75) is 0 Å². The van der Waals surface area contributed by atoms with Gasteiger partial charge in [0.05, 0.1) is 7.11 Å². The van der Waals surface area contributed by atoms with Gasteiger partial charge in [0.15, 0.2) is 0 Å². The summed E-state index contributed by atoms with van der Waals surface area (Å²) in [4.78, 5) is 26.5. The van der Waals surface area contributed by atoms with E-state index in [-0.39, 0.29) is 0 Å². The van der Waals surface area contributed by atoms with E-state index in [1.807, 2.05) is 48.9 Å². The fourth-order valence-corrected chi connectivity index (χ4v) is 3.76. The number of primary amides is 1. The van der Waals surface area contributed by atoms with Gasteiger partial charge in [-0.2, -0.15) is 0 Å². The first-order valence-corrected chi connectivity index (χ1v) is 9.69. The van der Waals surface area contributed by atoms with E-state index in [2.05, 4.69) is 26.0 Å². The maximum Gasteiger partial charge on any atom is 0.241 e. The minimum absolute atomic E-state index is 0.502. The van der Waals surface area contributed by atoms with E-state index in [0.29, 0.717) is 5.75 Å². The molecular weight excluding hydrogens is 390 g/mol. The number of hydrogen-bond acceptors (Lipinski definition) is 4. The van der Waals surface area contributed by atoms with Crippen LogP contribution >= 0.6 is 0 Å². The van der Waals surface area contributed by atoms with Gasteiger partial charge in [-0.05, 0) is 59.2 Å². The van der Waals surface area contributed by atoms with Crippen molar-refractivity contribution in [3.63, 3.8) is 0 Å². The molecule has 1 aromatic carbocycles. The highest BCUT2D eigenvalue weighted by Gasteiger charge is 2.13. The van der Waals surface area contributed by atoms with E-state index in [4.69, 9.17) is 10.5 Å². The summed E-state index contributed by atoms with van der Waals surface area (Å²) in [5.41, 5.74) is 11.7. The number of carbonyl (C=O) groups is 1. The van der Waals surface area contributed by atoms with Crippen LogP contribution in [-0.4, -0.2) is 33.0 Å². The number of aromatic nitrogens is 4. The first-order valence-electron chi connectivity index (χ1n) is 9.69. The molecule has 5 aromatic rings. The van der Waals surface area contributed by atoms with Crippen molar-refractivity contribution in [3.05, 3.63) is 72.8 Å². The van der Waals surface area contributed by atoms with Crippen molar-refractivity contribution >= 4 is 34.1 Å². The van der Waals surface area contributed by atoms with Gasteiger partial charge in [-0.1, -0.05) is 0 Å². The van der Waals surface area contributed by atoms with Crippen molar-refractivity contribution in [2.24, 2.45) is 5.73 Å². The number of pyridine rings is 2. The van der Waals surface area contributed by atoms with E-state index >= 15 is 0 Å². The Labute approximate surface area is 177 Å². The Morgan fingerprint density at radius 2 is 1.87 bits per heavy atom. The smallest absolute Gasteiger partial charge is 0.241 e. The van der Waals surface area contributed by atoms with Crippen molar-refractivity contribution in [2.75, 3.05) is 7.11 Å². The largest absolute Gasteiger partial charge is 0.497 e. The molecule has 4 heterocycles. The molecule has 1 amide bonds. The number of fused-ring (bicyclic) bond motifs is 2. The third-order valence-electron chi connectivity index (χ3n) is 5.22. The zero-order valence-electron chi connectivity index (χ0n) is 16.7. The van der Waals surface area contributed by atoms with Gasteiger partial charge < -0.3 is 20.4 Å². The van der Waals surface area contributed by atoms with Crippen LogP contribution in [0.1, 0.15) is 5.56 Å². The Balaban J connectivity index is 1.66. The predicted molar refractivity (Wildman–Crippen MR) is 121 cm³/mol. The quantitative estimate of drug-likeness (QED) is 0.376. The van der Waals surface area contributed by atoms with Crippen LogP contribution in [-0.2, 0) is 4.79 Å². The van der Waals surface area contributed by atoms with E-state index in [1.165, 1.54) is 6.08 Å². The summed E-state index contributed by atoms with van der Waals surface area (Å²) in [5.74, 6) is 0.178. The fourth-order valence-electron chi connectivity index (χ4n) is 3.76. The van der Waals surface area contributed by atoms with Gasteiger partial charge in [-0.25, -0.2) is 9.97 Å². The first-order chi connectivity index (χ1) is 15.1. The van der Waals surface area contributed by atoms with Crippen LogP contribution < -0.4 is 10.5 Å². The summed E-state index contributed by atoms with van der Waals surface area (Å²) in [7, 11) is 1.61. The lowest BCUT2D eigenvalue weighted by molar-refractivity contribution is -0.113. The minimum Gasteiger partial charge on any atom is -0.497 e. The number of nitrogens with one attached hydrogen (secondary N) is 2. The van der Waals surface area contributed by atoms with Crippen LogP contribution in [0.5, 0.6) is 5.75 Å². The van der Waals surface area contributed by atoms with E-state index in [9.17, 15) is 4.79 Å². The Morgan fingerprint density at radius 1 is 1.00 bits per heavy atom. The topological polar surface area (TPSA) is 110 Å². The molecule has 0 bridgehead atoms. The maximum atomic E-state index is 11.1. The summed E-state index contributed by atoms with van der Waals surface area (Å²) in [6, 6.07) is 11.9. The normalized spacial score (nSPS) is 11.5. The number of methoxy groups -OCH3 is 1. The number of hydrogen-bond donors (Lipinski definition) is 3. The van der Waals surface area contributed by atoms with Crippen LogP contribution in [0.25, 0.3) is 50.4 Å². The van der Waals surface area contributed by atoms with Crippen LogP contribution in [0.4, 0.5) is 0 Å². The molecule has 0 spiro atoms. The lowest BCUT2D eigenvalue weighted by Gasteiger charge is -2.08. The molecule has 0 atom stereocenters. The summed E-state index contributed by atoms with van der Waals surface area (Å²) in [5, 5.41) is 2.05. The lowest BCUT2D eigenvalue weighted by atomic mass is 10.00. The van der Waals surface area contributed by atoms with Crippen molar-refractivity contribution in [1.82, 2.24) is 19.9 Å². The van der Waals surface area contributed by atoms with Crippen LogP contribution in [0.2, 0.25) is 0 Å². The SMILES string of the molecule is COc1cc(C=CC(N)=O)cc(-c2cnc3[nH]cc(-c4ccnc5[nH]ccc45)c3c2)c1. The molecule has 4 aromatic heterocycles. The van der Waals surface area contributed by atoms with Gasteiger partial charge in [-0.3, -0.25) is 4.79 Å². The number of ether oxygens (including phenoxy) is 1. The molecule has 7 heteroatoms. The molecule has 4 N–H and O–H groups in total. The zero-order chi connectivity index (χ0) is 21.4. The van der Waals surface area contributed by atoms with E-state index < -0.39 is 5.91 Å². The molecule has 5 rings (SSSR count). The summed E-state index contributed by atoms with van der Waals surface area (Å²) in [6.45, 7) is 0. The molecule has 0 aliphatic carbocycles. The summed E-state index contributed by atoms with van der Waals surface area (Å²) in [6.07, 6.45) is 10.5. The molecule has 0 aliphatic heterocycles. The Bertz CT molecular complexity index is 1460. The minimum atomic E-state index is -0.502. The fraction of sp³-hybridized carbons (Fsp3) is 0.0417. The third-order valence-corrected chi connectivity index (χ3v) is 5.22. The zero-order valence-corrected chi connectivity index (χ0v) is 16.7. The lowest BCUT2D eigenvalue weighted by Crippen LogP contribution is -2.05. The average Bonchev–Trinajstić information content (AvgIpc) is 3.44. The monoisotopic (exact) mass is 409 g/mol. The second kappa shape index (κ2) is 7.46. The van der Waals surface area contributed by atoms with Gasteiger partial charge in [0.1, 0.15) is 17.0 Å². The van der Waals surface area contributed by atoms with Crippen LogP contribution in [0.15, 0.2) is 67.3 Å². The highest BCUT2D eigenvalue weighted by atomic mass is 16.5. The van der Waals surface area contributed by atoms with Gasteiger partial charge in [0.25, 0.3) is 0 Å². The second-order valence-electron chi connectivity index (χ2n) is 7.15. The van der Waals surface area contributed by atoms with Crippen molar-refractivity contribution in [1.29, 1.82) is 0 Å². The van der Waals surface area contributed by atoms with E-state index in [1.54, 1.807) is 19.4 Å². The summed E-state index contributed by atoms with van der Waals surface area (Å²) < 4.78 is 5.44. The molecule has 7 nitrogen and oxygen atoms in total. The second-order valence-corrected chi connectivity index (χ2v) is 7.15. The predicted octanol–water partition coefficient (Wildman–Crippen LogP) is 4.28. The number of nitrogens with zero attached hydrogens (tertiary/aromatic N) is 2. The maximum absolute atomic E-state index is 11.1. The highest BCUT2D eigenvalue weighted by Crippen LogP contribution is 2.35. The molecule has 152 valence electrons. The number of benzene rings is 1. The summed E-state index contributed by atoms with van der Waals surface area (Å²) >= 11 is 0. The molecule has 0 unspecified atom stereocenters. The molecule has 0 saturated heterocycles. The van der Waals surface area contributed by atoms with E-state index in [0.717, 1.165) is 49.9 Å². The van der Waals surface area contributed by atoms with Gasteiger partial charge in [-0.15, -0.1) is 0 Å². The molecule has 31 heavy (non-hydrogen) atoms. The number of carbonyl (C=O) groups excluding carboxylic acids is 1. The molecule has 0 fully saturated rings. The van der Waals surface area contributed by atoms with Crippen LogP contribution in [0, 0.1) is 0 Å². The average molecular weight is 409 g/mol. The standard InChI is InChI=1S/C24H19N5O2/c1-31-17-9-14(2-3-22(25)30)8-15(10-17)16-11-20-21(13-29-24(20)28-12-16)18-4-6-26-23-19(18)5-7-27-23/h2-13H,1H3,(H2,25,30)(H,26,27)(H,28,29). The third kappa shape index (κ3) is 3.42. The molecule has 0 radical (unpaired) electrons. The number of amides is 1. The molecular formula is C24H19N5O2. The van der Waals surface area contributed by atoms with Crippen molar-refractivity contribution < 1.29 is 9.53 Å². The number of rotatable bonds is 5. The molecule has 0 saturated carbocycles. The van der Waals surface area contributed by atoms with Crippen LogP contribution in [0.3, 0.4) is 0 Å². The Morgan fingerprint density at radius 3 is 2.71 bits per heavy atom. The number of nitrogens with two attached hydrogens (primary N) is 1. The Hall–Kier alpha value is -4.39. The van der Waals surface area contributed by atoms with Crippen molar-refractivity contribution in [3.8, 4) is 28.0 Å². The highest BCUT2D eigenvalue weighted by molar-refractivity contribution is 6.03. The number of aromatic amines is 2. The van der Waals surface area contributed by atoms with Gasteiger partial charge >= 0.3 is 0 Å².